The second kappa shape index (κ2) is 8.88. The van der Waals surface area contributed by atoms with E-state index >= 15 is 0 Å². The number of hydrogen-bond donors (Lipinski definition) is 1. The van der Waals surface area contributed by atoms with E-state index in [2.05, 4.69) is 26.1 Å². The summed E-state index contributed by atoms with van der Waals surface area (Å²) in [5.74, 6) is 0.212. The quantitative estimate of drug-likeness (QED) is 0.519. The van der Waals surface area contributed by atoms with Crippen molar-refractivity contribution in [1.29, 1.82) is 0 Å². The Labute approximate surface area is 149 Å². The van der Waals surface area contributed by atoms with Gasteiger partial charge in [-0.25, -0.2) is 10.1 Å². The molecule has 26 heavy (non-hydrogen) atoms. The summed E-state index contributed by atoms with van der Waals surface area (Å²) in [4.78, 5) is 11.7. The summed E-state index contributed by atoms with van der Waals surface area (Å²) in [6.07, 6.45) is 6.63. The zero-order chi connectivity index (χ0) is 18.0. The summed E-state index contributed by atoms with van der Waals surface area (Å²) >= 11 is 0. The van der Waals surface area contributed by atoms with Gasteiger partial charge >= 0.3 is 0 Å². The van der Waals surface area contributed by atoms with Crippen molar-refractivity contribution in [1.82, 2.24) is 25.6 Å². The molecule has 0 radical (unpaired) electrons. The molecule has 0 spiro atoms. The molecule has 0 fully saturated rings. The highest BCUT2D eigenvalue weighted by atomic mass is 16.5. The van der Waals surface area contributed by atoms with Gasteiger partial charge in [-0.2, -0.15) is 5.10 Å². The van der Waals surface area contributed by atoms with Gasteiger partial charge in [-0.05, 0) is 46.3 Å². The molecule has 0 unspecified atom stereocenters. The molecule has 1 amide bonds. The van der Waals surface area contributed by atoms with Crippen molar-refractivity contribution < 1.29 is 9.53 Å². The SMILES string of the molecule is O=C(COc1ccc(-n2cnnn2)cc1)N/N=C/C=C/c1ccccc1. The first-order valence-corrected chi connectivity index (χ1v) is 7.81. The summed E-state index contributed by atoms with van der Waals surface area (Å²) in [5.41, 5.74) is 4.24. The van der Waals surface area contributed by atoms with E-state index in [4.69, 9.17) is 4.74 Å². The maximum Gasteiger partial charge on any atom is 0.277 e. The Hall–Kier alpha value is -3.81. The van der Waals surface area contributed by atoms with E-state index in [1.165, 1.54) is 17.2 Å². The second-order valence-corrected chi connectivity index (χ2v) is 5.12. The average molecular weight is 348 g/mol. The molecular formula is C18H16N6O2. The highest BCUT2D eigenvalue weighted by Crippen LogP contribution is 2.13. The van der Waals surface area contributed by atoms with Crippen LogP contribution in [0.25, 0.3) is 11.8 Å². The van der Waals surface area contributed by atoms with E-state index < -0.39 is 0 Å². The van der Waals surface area contributed by atoms with Crippen LogP contribution in [0.1, 0.15) is 5.56 Å². The number of rotatable bonds is 7. The lowest BCUT2D eigenvalue weighted by Gasteiger charge is -2.05. The molecule has 1 heterocycles. The molecule has 3 rings (SSSR count). The van der Waals surface area contributed by atoms with Gasteiger partial charge in [0.25, 0.3) is 5.91 Å². The van der Waals surface area contributed by atoms with Crippen LogP contribution in [0.2, 0.25) is 0 Å². The highest BCUT2D eigenvalue weighted by molar-refractivity contribution is 5.81. The van der Waals surface area contributed by atoms with Crippen LogP contribution in [0.4, 0.5) is 0 Å². The first kappa shape index (κ1) is 17.0. The number of hydrogen-bond acceptors (Lipinski definition) is 6. The summed E-state index contributed by atoms with van der Waals surface area (Å²) in [6, 6.07) is 16.8. The maximum atomic E-state index is 11.7. The van der Waals surface area contributed by atoms with E-state index in [-0.39, 0.29) is 12.5 Å². The minimum atomic E-state index is -0.348. The Kier molecular flexibility index (Phi) is 5.81. The maximum absolute atomic E-state index is 11.7. The molecule has 0 saturated heterocycles. The van der Waals surface area contributed by atoms with Crippen molar-refractivity contribution in [2.24, 2.45) is 5.10 Å². The van der Waals surface area contributed by atoms with Gasteiger partial charge in [0.2, 0.25) is 0 Å². The summed E-state index contributed by atoms with van der Waals surface area (Å²) in [5, 5.41) is 14.8. The number of benzene rings is 2. The minimum absolute atomic E-state index is 0.135. The highest BCUT2D eigenvalue weighted by Gasteiger charge is 2.02. The smallest absolute Gasteiger partial charge is 0.277 e. The number of tetrazole rings is 1. The predicted molar refractivity (Wildman–Crippen MR) is 96.8 cm³/mol. The molecule has 8 nitrogen and oxygen atoms in total. The number of nitrogens with zero attached hydrogens (tertiary/aromatic N) is 5. The number of nitrogens with one attached hydrogen (secondary N) is 1. The third-order valence-corrected chi connectivity index (χ3v) is 3.26. The summed E-state index contributed by atoms with van der Waals surface area (Å²) in [6.45, 7) is -0.135. The van der Waals surface area contributed by atoms with Crippen LogP contribution in [-0.2, 0) is 4.79 Å². The molecule has 0 bridgehead atoms. The van der Waals surface area contributed by atoms with Crippen LogP contribution in [0.3, 0.4) is 0 Å². The number of carbonyl (C=O) groups excluding carboxylic acids is 1. The average Bonchev–Trinajstić information content (AvgIpc) is 3.22. The lowest BCUT2D eigenvalue weighted by molar-refractivity contribution is -0.123. The number of ether oxygens (including phenoxy) is 1. The largest absolute Gasteiger partial charge is 0.484 e. The molecule has 1 N–H and O–H groups in total. The molecule has 1 aromatic heterocycles. The third kappa shape index (κ3) is 5.10. The number of allylic oxidation sites excluding steroid dienone is 1. The molecule has 0 aliphatic carbocycles. The van der Waals surface area contributed by atoms with Crippen molar-refractivity contribution in [2.75, 3.05) is 6.61 Å². The second-order valence-electron chi connectivity index (χ2n) is 5.12. The van der Waals surface area contributed by atoms with E-state index in [1.54, 1.807) is 30.3 Å². The Morgan fingerprint density at radius 3 is 2.69 bits per heavy atom. The van der Waals surface area contributed by atoms with Gasteiger partial charge in [0.1, 0.15) is 12.1 Å². The number of carbonyl (C=O) groups is 1. The molecule has 8 heteroatoms. The zero-order valence-corrected chi connectivity index (χ0v) is 13.8. The van der Waals surface area contributed by atoms with Crippen LogP contribution < -0.4 is 10.2 Å². The van der Waals surface area contributed by atoms with Crippen molar-refractivity contribution in [3.8, 4) is 11.4 Å². The van der Waals surface area contributed by atoms with Gasteiger partial charge in [-0.15, -0.1) is 5.10 Å². The Morgan fingerprint density at radius 1 is 1.15 bits per heavy atom. The summed E-state index contributed by atoms with van der Waals surface area (Å²) in [7, 11) is 0. The Balaban J connectivity index is 1.41. The van der Waals surface area contributed by atoms with Gasteiger partial charge < -0.3 is 4.74 Å². The Morgan fingerprint density at radius 2 is 1.96 bits per heavy atom. The third-order valence-electron chi connectivity index (χ3n) is 3.26. The fourth-order valence-corrected chi connectivity index (χ4v) is 2.03. The number of amides is 1. The van der Waals surface area contributed by atoms with Crippen molar-refractivity contribution in [2.45, 2.75) is 0 Å². The van der Waals surface area contributed by atoms with Crippen LogP contribution in [0.5, 0.6) is 5.75 Å². The van der Waals surface area contributed by atoms with Crippen LogP contribution >= 0.6 is 0 Å². The van der Waals surface area contributed by atoms with Gasteiger partial charge in [0.15, 0.2) is 6.61 Å². The van der Waals surface area contributed by atoms with E-state index in [9.17, 15) is 4.79 Å². The topological polar surface area (TPSA) is 94.3 Å². The normalized spacial score (nSPS) is 11.1. The molecule has 0 atom stereocenters. The lowest BCUT2D eigenvalue weighted by atomic mass is 10.2. The minimum Gasteiger partial charge on any atom is -0.484 e. The molecule has 0 aliphatic rings. The zero-order valence-electron chi connectivity index (χ0n) is 13.8. The number of hydrazone groups is 1. The fourth-order valence-electron chi connectivity index (χ4n) is 2.03. The first-order chi connectivity index (χ1) is 12.8. The molecule has 0 saturated carbocycles. The van der Waals surface area contributed by atoms with Gasteiger partial charge in [0, 0.05) is 6.21 Å². The van der Waals surface area contributed by atoms with Crippen molar-refractivity contribution in [3.05, 3.63) is 72.6 Å². The predicted octanol–water partition coefficient (Wildman–Crippen LogP) is 1.86. The molecular weight excluding hydrogens is 332 g/mol. The fraction of sp³-hybridized carbons (Fsp3) is 0.0556. The van der Waals surface area contributed by atoms with Gasteiger partial charge in [-0.3, -0.25) is 4.79 Å². The van der Waals surface area contributed by atoms with Crippen LogP contribution in [0, 0.1) is 0 Å². The van der Waals surface area contributed by atoms with Crippen molar-refractivity contribution in [3.63, 3.8) is 0 Å². The molecule has 2 aromatic carbocycles. The molecule has 130 valence electrons. The van der Waals surface area contributed by atoms with E-state index in [1.807, 2.05) is 36.4 Å². The van der Waals surface area contributed by atoms with E-state index in [0.717, 1.165) is 11.3 Å². The van der Waals surface area contributed by atoms with Crippen molar-refractivity contribution >= 4 is 18.2 Å². The van der Waals surface area contributed by atoms with Gasteiger partial charge in [-0.1, -0.05) is 36.4 Å². The monoisotopic (exact) mass is 348 g/mol. The van der Waals surface area contributed by atoms with Gasteiger partial charge in [0.05, 0.1) is 5.69 Å². The Bertz CT molecular complexity index is 874. The number of aromatic nitrogens is 4. The van der Waals surface area contributed by atoms with Crippen LogP contribution in [-0.4, -0.2) is 38.9 Å². The van der Waals surface area contributed by atoms with E-state index in [0.29, 0.717) is 5.75 Å². The molecule has 3 aromatic rings. The van der Waals surface area contributed by atoms with Crippen LogP contribution in [0.15, 0.2) is 72.1 Å². The standard InChI is InChI=1S/C18H16N6O2/c25-18(21-19-12-4-7-15-5-2-1-3-6-15)13-26-17-10-8-16(9-11-17)24-14-20-22-23-24/h1-12,14H,13H2,(H,21,25)/b7-4+,19-12+. The molecule has 0 aliphatic heterocycles. The summed E-state index contributed by atoms with van der Waals surface area (Å²) < 4.78 is 6.92. The first-order valence-electron chi connectivity index (χ1n) is 7.81. The lowest BCUT2D eigenvalue weighted by Crippen LogP contribution is -2.24.